The van der Waals surface area contributed by atoms with Crippen LogP contribution < -0.4 is 20.3 Å². The van der Waals surface area contributed by atoms with E-state index in [9.17, 15) is 24.6 Å². The van der Waals surface area contributed by atoms with Crippen molar-refractivity contribution in [2.45, 2.75) is 44.6 Å². The van der Waals surface area contributed by atoms with Gasteiger partial charge in [0.15, 0.2) is 17.1 Å². The summed E-state index contributed by atoms with van der Waals surface area (Å²) >= 11 is 0. The molecule has 1 aliphatic carbocycles. The van der Waals surface area contributed by atoms with Gasteiger partial charge in [-0.2, -0.15) is 0 Å². The van der Waals surface area contributed by atoms with Crippen LogP contribution in [0.25, 0.3) is 22.3 Å². The predicted molar refractivity (Wildman–Crippen MR) is 122 cm³/mol. The topological polar surface area (TPSA) is 149 Å². The molecule has 0 spiro atoms. The molecule has 1 amide bonds. The molecule has 3 N–H and O–H groups in total. The molecule has 3 aromatic rings. The third-order valence-electron chi connectivity index (χ3n) is 7.69. The molecule has 184 valence electrons. The van der Waals surface area contributed by atoms with Gasteiger partial charge < -0.3 is 34.3 Å². The van der Waals surface area contributed by atoms with Crippen LogP contribution in [0.5, 0.6) is 11.5 Å². The zero-order valence-electron chi connectivity index (χ0n) is 19.2. The maximum Gasteiger partial charge on any atom is 0.343 e. The monoisotopic (exact) mass is 491 g/mol. The summed E-state index contributed by atoms with van der Waals surface area (Å²) in [7, 11) is 0. The van der Waals surface area contributed by atoms with Crippen LogP contribution in [0.4, 0.5) is 0 Å². The van der Waals surface area contributed by atoms with Crippen LogP contribution in [0.15, 0.2) is 16.9 Å². The summed E-state index contributed by atoms with van der Waals surface area (Å²) in [6, 6.07) is 2.97. The van der Waals surface area contributed by atoms with Gasteiger partial charge in [0.05, 0.1) is 35.1 Å². The lowest BCUT2D eigenvalue weighted by Gasteiger charge is -2.31. The Morgan fingerprint density at radius 2 is 2.06 bits per heavy atom. The van der Waals surface area contributed by atoms with Crippen LogP contribution in [-0.2, 0) is 39.5 Å². The van der Waals surface area contributed by atoms with Gasteiger partial charge in [0.1, 0.15) is 13.2 Å². The molecule has 11 nitrogen and oxygen atoms in total. The zero-order chi connectivity index (χ0) is 24.9. The van der Waals surface area contributed by atoms with Crippen LogP contribution >= 0.6 is 0 Å². The molecular formula is C25H21N3O8. The second-order valence-corrected chi connectivity index (χ2v) is 9.42. The number of cyclic esters (lactones) is 1. The highest BCUT2D eigenvalue weighted by Gasteiger charge is 2.46. The SMILES string of the molecule is CC[C@@]1(O)C(=O)OCc2c1cc1n(c2=O)Cc2c-1nc1cc3c(c4c1c2C(NC(=O)CO)C4)OCO3. The fourth-order valence-corrected chi connectivity index (χ4v) is 5.98. The number of aliphatic hydroxyl groups is 2. The van der Waals surface area contributed by atoms with Crippen molar-refractivity contribution in [3.05, 3.63) is 50.3 Å². The van der Waals surface area contributed by atoms with E-state index in [0.717, 1.165) is 22.1 Å². The molecule has 0 fully saturated rings. The van der Waals surface area contributed by atoms with Crippen molar-refractivity contribution >= 4 is 22.8 Å². The molecule has 4 aliphatic rings. The highest BCUT2D eigenvalue weighted by molar-refractivity contribution is 5.97. The lowest BCUT2D eigenvalue weighted by Crippen LogP contribution is -2.44. The van der Waals surface area contributed by atoms with E-state index >= 15 is 0 Å². The Kier molecular flexibility index (Phi) is 4.18. The van der Waals surface area contributed by atoms with Crippen LogP contribution in [0, 0.1) is 0 Å². The van der Waals surface area contributed by atoms with Crippen LogP contribution in [0.2, 0.25) is 0 Å². The van der Waals surface area contributed by atoms with Crippen molar-refractivity contribution in [2.24, 2.45) is 0 Å². The number of nitrogens with zero attached hydrogens (tertiary/aromatic N) is 2. The molecule has 36 heavy (non-hydrogen) atoms. The minimum absolute atomic E-state index is 0.0487. The Bertz CT molecular complexity index is 1610. The summed E-state index contributed by atoms with van der Waals surface area (Å²) in [5, 5.41) is 24.2. The Labute approximate surface area is 203 Å². The molecule has 1 unspecified atom stereocenters. The Morgan fingerprint density at radius 3 is 2.83 bits per heavy atom. The number of aromatic nitrogens is 2. The first kappa shape index (κ1) is 21.3. The first-order valence-corrected chi connectivity index (χ1v) is 11.7. The van der Waals surface area contributed by atoms with E-state index in [1.807, 2.05) is 0 Å². The molecule has 5 heterocycles. The second-order valence-electron chi connectivity index (χ2n) is 9.42. The summed E-state index contributed by atoms with van der Waals surface area (Å²) < 4.78 is 18.0. The highest BCUT2D eigenvalue weighted by atomic mass is 16.7. The minimum Gasteiger partial charge on any atom is -0.458 e. The number of nitrogens with one attached hydrogen (secondary N) is 1. The molecular weight excluding hydrogens is 470 g/mol. The van der Waals surface area contributed by atoms with Gasteiger partial charge in [-0.3, -0.25) is 9.59 Å². The van der Waals surface area contributed by atoms with E-state index in [0.29, 0.717) is 34.8 Å². The first-order valence-electron chi connectivity index (χ1n) is 11.7. The number of ether oxygens (including phenoxy) is 3. The average Bonchev–Trinajstić information content (AvgIpc) is 3.58. The van der Waals surface area contributed by atoms with E-state index in [-0.39, 0.29) is 43.1 Å². The number of aliphatic hydroxyl groups excluding tert-OH is 1. The minimum atomic E-state index is -1.92. The van der Waals surface area contributed by atoms with Gasteiger partial charge in [0, 0.05) is 34.6 Å². The third-order valence-corrected chi connectivity index (χ3v) is 7.69. The number of fused-ring (bicyclic) bond motifs is 7. The van der Waals surface area contributed by atoms with E-state index in [2.05, 4.69) is 5.32 Å². The Hall–Kier alpha value is -3.96. The molecule has 2 aromatic heterocycles. The maximum atomic E-state index is 13.5. The van der Waals surface area contributed by atoms with Crippen LogP contribution in [0.3, 0.4) is 0 Å². The third kappa shape index (κ3) is 2.53. The zero-order valence-corrected chi connectivity index (χ0v) is 19.2. The summed E-state index contributed by atoms with van der Waals surface area (Å²) in [6.45, 7) is 1.07. The van der Waals surface area contributed by atoms with Crippen molar-refractivity contribution in [1.82, 2.24) is 14.9 Å². The second kappa shape index (κ2) is 7.05. The summed E-state index contributed by atoms with van der Waals surface area (Å²) in [6.07, 6.45) is 0.467. The molecule has 0 radical (unpaired) electrons. The first-order chi connectivity index (χ1) is 17.4. The molecule has 1 aromatic carbocycles. The average molecular weight is 491 g/mol. The summed E-state index contributed by atoms with van der Waals surface area (Å²) in [4.78, 5) is 43.1. The van der Waals surface area contributed by atoms with Crippen molar-refractivity contribution in [1.29, 1.82) is 0 Å². The number of pyridine rings is 2. The molecule has 0 saturated carbocycles. The largest absolute Gasteiger partial charge is 0.458 e. The van der Waals surface area contributed by atoms with Gasteiger partial charge in [0.2, 0.25) is 12.7 Å². The number of benzene rings is 1. The molecule has 0 saturated heterocycles. The Balaban J connectivity index is 1.51. The smallest absolute Gasteiger partial charge is 0.343 e. The molecule has 3 aliphatic heterocycles. The fourth-order valence-electron chi connectivity index (χ4n) is 5.98. The van der Waals surface area contributed by atoms with Gasteiger partial charge >= 0.3 is 5.97 Å². The van der Waals surface area contributed by atoms with Gasteiger partial charge in [-0.05, 0) is 18.1 Å². The van der Waals surface area contributed by atoms with E-state index in [1.54, 1.807) is 23.6 Å². The number of rotatable bonds is 3. The number of hydrogen-bond acceptors (Lipinski definition) is 9. The predicted octanol–water partition coefficient (Wildman–Crippen LogP) is 0.514. The molecule has 11 heteroatoms. The Morgan fingerprint density at radius 1 is 1.22 bits per heavy atom. The molecule has 2 atom stereocenters. The van der Waals surface area contributed by atoms with Crippen molar-refractivity contribution < 1.29 is 34.0 Å². The lowest BCUT2D eigenvalue weighted by atomic mass is 9.86. The quantitative estimate of drug-likeness (QED) is 0.349. The number of hydrogen-bond donors (Lipinski definition) is 3. The number of esters is 1. The number of carbonyl (C=O) groups is 2. The van der Waals surface area contributed by atoms with E-state index < -0.39 is 30.1 Å². The van der Waals surface area contributed by atoms with E-state index in [1.165, 1.54) is 0 Å². The van der Waals surface area contributed by atoms with Gasteiger partial charge in [-0.1, -0.05) is 6.92 Å². The number of amides is 1. The standard InChI is InChI=1S/C25H21N3O8/c1-2-25(33)13-4-16-21-11(6-28(16)23(31)12(13)8-34-24(25)32)20-14(26-18(30)7-29)3-10-19(20)15(27-21)5-17-22(10)36-9-35-17/h4-5,14,29,33H,2-3,6-9H2,1H3,(H,26,30)/t14?,25-/m0/s1. The lowest BCUT2D eigenvalue weighted by molar-refractivity contribution is -0.172. The molecule has 0 bridgehead atoms. The van der Waals surface area contributed by atoms with Crippen LogP contribution in [0.1, 0.15) is 47.2 Å². The van der Waals surface area contributed by atoms with Gasteiger partial charge in [0.25, 0.3) is 5.56 Å². The van der Waals surface area contributed by atoms with Crippen LogP contribution in [-0.4, -0.2) is 45.0 Å². The van der Waals surface area contributed by atoms with Crippen molar-refractivity contribution in [3.63, 3.8) is 0 Å². The van der Waals surface area contributed by atoms with Crippen molar-refractivity contribution in [3.8, 4) is 22.9 Å². The van der Waals surface area contributed by atoms with Gasteiger partial charge in [-0.15, -0.1) is 0 Å². The molecule has 7 rings (SSSR count). The summed E-state index contributed by atoms with van der Waals surface area (Å²) in [5.41, 5.74) is 2.25. The van der Waals surface area contributed by atoms with E-state index in [4.69, 9.17) is 19.2 Å². The van der Waals surface area contributed by atoms with Gasteiger partial charge in [-0.25, -0.2) is 9.78 Å². The summed E-state index contributed by atoms with van der Waals surface area (Å²) in [5.74, 6) is -0.145. The maximum absolute atomic E-state index is 13.5. The van der Waals surface area contributed by atoms with Crippen molar-refractivity contribution in [2.75, 3.05) is 13.4 Å². The fraction of sp³-hybridized carbons (Fsp3) is 0.360. The normalized spacial score (nSPS) is 22.3. The number of carbonyl (C=O) groups excluding carboxylic acids is 2. The highest BCUT2D eigenvalue weighted by Crippen LogP contribution is 2.51.